The summed E-state index contributed by atoms with van der Waals surface area (Å²) in [5.41, 5.74) is 6.47. The molecule has 0 heterocycles. The van der Waals surface area contributed by atoms with Gasteiger partial charge < -0.3 is 11.1 Å². The topological polar surface area (TPSA) is 98.2 Å². The van der Waals surface area contributed by atoms with E-state index in [1.54, 1.807) is 18.2 Å². The summed E-state index contributed by atoms with van der Waals surface area (Å²) in [5.74, 6) is 0. The number of hydrogen-bond acceptors (Lipinski definition) is 4. The molecule has 1 unspecified atom stereocenters. The lowest BCUT2D eigenvalue weighted by Crippen LogP contribution is -2.18. The summed E-state index contributed by atoms with van der Waals surface area (Å²) in [5, 5.41) is 8.17. The molecule has 0 aliphatic carbocycles. The van der Waals surface area contributed by atoms with E-state index in [0.717, 1.165) is 6.42 Å². The number of nitrogen functional groups attached to an aromatic ring is 1. The molecule has 1 aromatic rings. The number of anilines is 2. The van der Waals surface area contributed by atoms with E-state index >= 15 is 0 Å². The van der Waals surface area contributed by atoms with E-state index in [0.29, 0.717) is 5.69 Å². The molecule has 0 fully saturated rings. The number of sulfonamides is 1. The van der Waals surface area contributed by atoms with Crippen LogP contribution in [0.5, 0.6) is 0 Å². The Hall–Kier alpha value is -1.53. The monoisotopic (exact) mass is 255 g/mol. The van der Waals surface area contributed by atoms with Crippen LogP contribution in [0.25, 0.3) is 0 Å². The summed E-state index contributed by atoms with van der Waals surface area (Å²) in [6.07, 6.45) is 2.52. The van der Waals surface area contributed by atoms with Gasteiger partial charge in [0.25, 0.3) is 0 Å². The fourth-order valence-electron chi connectivity index (χ4n) is 1.49. The van der Waals surface area contributed by atoms with E-state index < -0.39 is 10.0 Å². The molecule has 0 aliphatic rings. The Morgan fingerprint density at radius 3 is 2.71 bits per heavy atom. The van der Waals surface area contributed by atoms with Crippen molar-refractivity contribution in [3.8, 4) is 0 Å². The standard InChI is InChI=1S/C11H17N3O2S/c1-3-5-8(2)14-9-6-4-7-10(11(9)12)17(13,15)16/h3-4,6-8,14H,1,5,12H2,2H3,(H2,13,15,16). The lowest BCUT2D eigenvalue weighted by Gasteiger charge is -2.16. The Morgan fingerprint density at radius 2 is 2.18 bits per heavy atom. The number of primary sulfonamides is 1. The van der Waals surface area contributed by atoms with Gasteiger partial charge in [0.05, 0.1) is 11.4 Å². The SMILES string of the molecule is C=CCC(C)Nc1cccc(S(N)(=O)=O)c1N. The van der Waals surface area contributed by atoms with E-state index in [-0.39, 0.29) is 16.6 Å². The number of nitrogens with two attached hydrogens (primary N) is 2. The summed E-state index contributed by atoms with van der Waals surface area (Å²) in [4.78, 5) is -0.0618. The second-order valence-electron chi connectivity index (χ2n) is 3.83. The minimum Gasteiger partial charge on any atom is -0.396 e. The normalized spacial score (nSPS) is 13.1. The van der Waals surface area contributed by atoms with Crippen LogP contribution in [-0.2, 0) is 10.0 Å². The maximum Gasteiger partial charge on any atom is 0.240 e. The molecule has 5 N–H and O–H groups in total. The van der Waals surface area contributed by atoms with Gasteiger partial charge in [0.1, 0.15) is 4.90 Å². The van der Waals surface area contributed by atoms with Crippen molar-refractivity contribution in [2.45, 2.75) is 24.3 Å². The van der Waals surface area contributed by atoms with E-state index in [4.69, 9.17) is 10.9 Å². The van der Waals surface area contributed by atoms with Crippen LogP contribution in [0.4, 0.5) is 11.4 Å². The third kappa shape index (κ3) is 3.47. The molecule has 1 atom stereocenters. The Labute approximate surface area is 102 Å². The third-order valence-electron chi connectivity index (χ3n) is 2.29. The van der Waals surface area contributed by atoms with Crippen LogP contribution in [0.3, 0.4) is 0 Å². The predicted molar refractivity (Wildman–Crippen MR) is 70.1 cm³/mol. The molecule has 0 spiro atoms. The molecule has 6 heteroatoms. The number of nitrogens with one attached hydrogen (secondary N) is 1. The van der Waals surface area contributed by atoms with Crippen LogP contribution in [-0.4, -0.2) is 14.5 Å². The molecule has 17 heavy (non-hydrogen) atoms. The predicted octanol–water partition coefficient (Wildman–Crippen LogP) is 1.29. The van der Waals surface area contributed by atoms with E-state index in [1.165, 1.54) is 6.07 Å². The van der Waals surface area contributed by atoms with Crippen LogP contribution in [0.15, 0.2) is 35.7 Å². The summed E-state index contributed by atoms with van der Waals surface area (Å²) < 4.78 is 22.5. The molecule has 94 valence electrons. The Kier molecular flexibility index (Phi) is 4.14. The summed E-state index contributed by atoms with van der Waals surface area (Å²) in [6.45, 7) is 5.58. The number of benzene rings is 1. The van der Waals surface area contributed by atoms with Crippen molar-refractivity contribution < 1.29 is 8.42 Å². The first kappa shape index (κ1) is 13.5. The molecule has 0 radical (unpaired) electrons. The summed E-state index contributed by atoms with van der Waals surface area (Å²) >= 11 is 0. The number of hydrogen-bond donors (Lipinski definition) is 3. The van der Waals surface area contributed by atoms with Crippen molar-refractivity contribution in [2.75, 3.05) is 11.1 Å². The van der Waals surface area contributed by atoms with E-state index in [9.17, 15) is 8.42 Å². The van der Waals surface area contributed by atoms with Gasteiger partial charge in [-0.3, -0.25) is 0 Å². The molecule has 0 saturated heterocycles. The Morgan fingerprint density at radius 1 is 1.53 bits per heavy atom. The minimum absolute atomic E-state index is 0.0618. The maximum atomic E-state index is 11.3. The average molecular weight is 255 g/mol. The molecule has 0 bridgehead atoms. The molecule has 1 aromatic carbocycles. The molecule has 1 rings (SSSR count). The molecule has 0 amide bonds. The van der Waals surface area contributed by atoms with Crippen molar-refractivity contribution in [1.82, 2.24) is 0 Å². The van der Waals surface area contributed by atoms with Crippen molar-refractivity contribution in [3.63, 3.8) is 0 Å². The van der Waals surface area contributed by atoms with Crippen molar-refractivity contribution in [2.24, 2.45) is 5.14 Å². The highest BCUT2D eigenvalue weighted by Crippen LogP contribution is 2.26. The largest absolute Gasteiger partial charge is 0.396 e. The van der Waals surface area contributed by atoms with Gasteiger partial charge in [0, 0.05) is 6.04 Å². The van der Waals surface area contributed by atoms with E-state index in [2.05, 4.69) is 11.9 Å². The first-order valence-electron chi connectivity index (χ1n) is 5.15. The highest BCUT2D eigenvalue weighted by atomic mass is 32.2. The van der Waals surface area contributed by atoms with Gasteiger partial charge in [-0.05, 0) is 25.5 Å². The third-order valence-corrected chi connectivity index (χ3v) is 3.26. The average Bonchev–Trinajstić information content (AvgIpc) is 2.19. The summed E-state index contributed by atoms with van der Waals surface area (Å²) in [6, 6.07) is 4.81. The van der Waals surface area contributed by atoms with Gasteiger partial charge in [-0.25, -0.2) is 13.6 Å². The molecule has 5 nitrogen and oxygen atoms in total. The first-order chi connectivity index (χ1) is 7.86. The number of para-hydroxylation sites is 1. The maximum absolute atomic E-state index is 11.3. The Bertz CT molecular complexity index is 511. The van der Waals surface area contributed by atoms with Crippen molar-refractivity contribution in [3.05, 3.63) is 30.9 Å². The van der Waals surface area contributed by atoms with Crippen molar-refractivity contribution >= 4 is 21.4 Å². The van der Waals surface area contributed by atoms with Gasteiger partial charge in [-0.2, -0.15) is 0 Å². The van der Waals surface area contributed by atoms with Gasteiger partial charge in [0.2, 0.25) is 10.0 Å². The van der Waals surface area contributed by atoms with Crippen LogP contribution < -0.4 is 16.2 Å². The van der Waals surface area contributed by atoms with Gasteiger partial charge >= 0.3 is 0 Å². The smallest absolute Gasteiger partial charge is 0.240 e. The lowest BCUT2D eigenvalue weighted by atomic mass is 10.2. The lowest BCUT2D eigenvalue weighted by molar-refractivity contribution is 0.598. The van der Waals surface area contributed by atoms with Crippen molar-refractivity contribution in [1.29, 1.82) is 0 Å². The number of rotatable bonds is 5. The quantitative estimate of drug-likeness (QED) is 0.545. The molecular formula is C11H17N3O2S. The van der Waals surface area contributed by atoms with Gasteiger partial charge in [-0.15, -0.1) is 6.58 Å². The highest BCUT2D eigenvalue weighted by Gasteiger charge is 2.15. The molecule has 0 saturated carbocycles. The van der Waals surface area contributed by atoms with Gasteiger partial charge in [0.15, 0.2) is 0 Å². The zero-order chi connectivity index (χ0) is 13.1. The second kappa shape index (κ2) is 5.20. The van der Waals surface area contributed by atoms with E-state index in [1.807, 2.05) is 6.92 Å². The second-order valence-corrected chi connectivity index (χ2v) is 5.36. The zero-order valence-electron chi connectivity index (χ0n) is 9.68. The molecule has 0 aromatic heterocycles. The Balaban J connectivity index is 3.07. The van der Waals surface area contributed by atoms with Gasteiger partial charge in [-0.1, -0.05) is 12.1 Å². The fraction of sp³-hybridized carbons (Fsp3) is 0.273. The molecule has 0 aliphatic heterocycles. The zero-order valence-corrected chi connectivity index (χ0v) is 10.5. The van der Waals surface area contributed by atoms with Crippen LogP contribution >= 0.6 is 0 Å². The summed E-state index contributed by atoms with van der Waals surface area (Å²) in [7, 11) is -3.79. The first-order valence-corrected chi connectivity index (χ1v) is 6.69. The fourth-order valence-corrected chi connectivity index (χ4v) is 2.18. The van der Waals surface area contributed by atoms with Crippen LogP contribution in [0.1, 0.15) is 13.3 Å². The van der Waals surface area contributed by atoms with Crippen LogP contribution in [0.2, 0.25) is 0 Å². The highest BCUT2D eigenvalue weighted by molar-refractivity contribution is 7.89. The minimum atomic E-state index is -3.79. The molecular weight excluding hydrogens is 238 g/mol. The van der Waals surface area contributed by atoms with Crippen LogP contribution in [0, 0.1) is 0 Å².